The summed E-state index contributed by atoms with van der Waals surface area (Å²) in [6.45, 7) is 5.58. The molecule has 1 N–H and O–H groups in total. The number of methoxy groups -OCH3 is 1. The summed E-state index contributed by atoms with van der Waals surface area (Å²) in [6.07, 6.45) is 8.70. The molecular formula is C32H36N4O3. The van der Waals surface area contributed by atoms with Crippen molar-refractivity contribution in [2.45, 2.75) is 45.1 Å². The molecule has 1 atom stereocenters. The first-order valence-electron chi connectivity index (χ1n) is 14.0. The fraction of sp³-hybridized carbons (Fsp3) is 0.406. The molecule has 2 amide bonds. The Morgan fingerprint density at radius 3 is 2.51 bits per heavy atom. The molecule has 0 unspecified atom stereocenters. The van der Waals surface area contributed by atoms with Crippen LogP contribution in [-0.2, 0) is 6.42 Å². The van der Waals surface area contributed by atoms with Crippen LogP contribution in [0.5, 0.6) is 5.75 Å². The topological polar surface area (TPSA) is 74.8 Å². The van der Waals surface area contributed by atoms with Gasteiger partial charge in [0.05, 0.1) is 13.2 Å². The number of fused-ring (bicyclic) bond motifs is 1. The first kappa shape index (κ1) is 25.4. The molecule has 202 valence electrons. The van der Waals surface area contributed by atoms with Crippen molar-refractivity contribution in [3.63, 3.8) is 0 Å². The third kappa shape index (κ3) is 4.98. The summed E-state index contributed by atoms with van der Waals surface area (Å²) in [5.41, 5.74) is 5.97. The van der Waals surface area contributed by atoms with Crippen LogP contribution in [-0.4, -0.2) is 55.0 Å². The summed E-state index contributed by atoms with van der Waals surface area (Å²) >= 11 is 0. The second-order valence-electron chi connectivity index (χ2n) is 11.3. The number of carbonyl (C=O) groups is 2. The van der Waals surface area contributed by atoms with Crippen molar-refractivity contribution in [1.29, 1.82) is 0 Å². The number of benzene rings is 2. The van der Waals surface area contributed by atoms with Crippen LogP contribution in [0.2, 0.25) is 0 Å². The van der Waals surface area contributed by atoms with Gasteiger partial charge < -0.3 is 19.9 Å². The number of nitrogens with zero attached hydrogens (tertiary/aromatic N) is 3. The standard InChI is InChI=1S/C32H36N4O3/c1-22-19-26(39-2)6-7-27(22)30(37)34-29-8-5-23-3-4-24(20-28(23)29)31(38)36-18-13-32(21-36)11-16-35(17-12-32)25-9-14-33-15-10-25/h3-4,6-7,9-10,14-15,19-20,29H,5,8,11-13,16-18,21H2,1-2H3,(H,34,37)/t29-/m1/s1. The minimum absolute atomic E-state index is 0.0932. The van der Waals surface area contributed by atoms with Crippen LogP contribution in [0.25, 0.3) is 0 Å². The van der Waals surface area contributed by atoms with Gasteiger partial charge in [0.2, 0.25) is 0 Å². The van der Waals surface area contributed by atoms with Crippen LogP contribution < -0.4 is 15.0 Å². The van der Waals surface area contributed by atoms with E-state index >= 15 is 0 Å². The summed E-state index contributed by atoms with van der Waals surface area (Å²) in [4.78, 5) is 35.3. The maximum absolute atomic E-state index is 13.6. The summed E-state index contributed by atoms with van der Waals surface area (Å²) in [7, 11) is 1.62. The quantitative estimate of drug-likeness (QED) is 0.511. The second kappa shape index (κ2) is 10.4. The average molecular weight is 525 g/mol. The maximum Gasteiger partial charge on any atom is 0.253 e. The SMILES string of the molecule is COc1ccc(C(=O)N[C@@H]2CCc3ccc(C(=O)N4CCC5(CCN(c6ccncc6)CC5)C4)cc32)c(C)c1. The predicted octanol–water partition coefficient (Wildman–Crippen LogP) is 4.95. The van der Waals surface area contributed by atoms with Crippen molar-refractivity contribution < 1.29 is 14.3 Å². The van der Waals surface area contributed by atoms with Crippen LogP contribution in [0.1, 0.15) is 69.1 Å². The van der Waals surface area contributed by atoms with Crippen molar-refractivity contribution in [3.8, 4) is 5.75 Å². The van der Waals surface area contributed by atoms with Gasteiger partial charge in [-0.2, -0.15) is 0 Å². The molecule has 2 saturated heterocycles. The monoisotopic (exact) mass is 524 g/mol. The molecule has 1 aromatic heterocycles. The van der Waals surface area contributed by atoms with E-state index in [0.717, 1.165) is 80.7 Å². The van der Waals surface area contributed by atoms with E-state index in [1.165, 1.54) is 11.3 Å². The Morgan fingerprint density at radius 2 is 1.77 bits per heavy atom. The van der Waals surface area contributed by atoms with Crippen LogP contribution in [0.3, 0.4) is 0 Å². The highest BCUT2D eigenvalue weighted by atomic mass is 16.5. The maximum atomic E-state index is 13.6. The van der Waals surface area contributed by atoms with E-state index in [9.17, 15) is 9.59 Å². The van der Waals surface area contributed by atoms with Crippen molar-refractivity contribution >= 4 is 17.5 Å². The number of aryl methyl sites for hydroxylation is 2. The smallest absolute Gasteiger partial charge is 0.253 e. The molecule has 2 aliphatic heterocycles. The highest BCUT2D eigenvalue weighted by Crippen LogP contribution is 2.42. The number of rotatable bonds is 5. The van der Waals surface area contributed by atoms with Crippen LogP contribution >= 0.6 is 0 Å². The normalized spacial score (nSPS) is 19.7. The lowest BCUT2D eigenvalue weighted by Gasteiger charge is -2.40. The molecule has 7 heteroatoms. The van der Waals surface area contributed by atoms with Gasteiger partial charge in [-0.3, -0.25) is 14.6 Å². The van der Waals surface area contributed by atoms with E-state index < -0.39 is 0 Å². The van der Waals surface area contributed by atoms with E-state index in [1.54, 1.807) is 7.11 Å². The molecule has 2 fully saturated rings. The Kier molecular flexibility index (Phi) is 6.75. The van der Waals surface area contributed by atoms with Gasteiger partial charge in [0, 0.05) is 55.4 Å². The van der Waals surface area contributed by atoms with E-state index in [1.807, 2.05) is 54.5 Å². The largest absolute Gasteiger partial charge is 0.497 e. The first-order chi connectivity index (χ1) is 18.9. The fourth-order valence-electron chi connectivity index (χ4n) is 6.63. The number of amides is 2. The van der Waals surface area contributed by atoms with Crippen molar-refractivity contribution in [1.82, 2.24) is 15.2 Å². The molecule has 6 rings (SSSR count). The molecule has 39 heavy (non-hydrogen) atoms. The van der Waals surface area contributed by atoms with Gasteiger partial charge in [0.25, 0.3) is 11.8 Å². The number of hydrogen-bond acceptors (Lipinski definition) is 5. The van der Waals surface area contributed by atoms with Gasteiger partial charge in [-0.15, -0.1) is 0 Å². The number of aromatic nitrogens is 1. The van der Waals surface area contributed by atoms with Crippen molar-refractivity contribution in [3.05, 3.63) is 88.7 Å². The first-order valence-corrected chi connectivity index (χ1v) is 14.0. The van der Waals surface area contributed by atoms with Gasteiger partial charge in [-0.1, -0.05) is 6.07 Å². The van der Waals surface area contributed by atoms with Gasteiger partial charge >= 0.3 is 0 Å². The third-order valence-electron chi connectivity index (χ3n) is 9.03. The molecule has 7 nitrogen and oxygen atoms in total. The summed E-state index contributed by atoms with van der Waals surface area (Å²) < 4.78 is 5.28. The highest BCUT2D eigenvalue weighted by molar-refractivity contribution is 5.97. The minimum atomic E-state index is -0.0933. The Bertz CT molecular complexity index is 1380. The lowest BCUT2D eigenvalue weighted by atomic mass is 9.77. The lowest BCUT2D eigenvalue weighted by Crippen LogP contribution is -2.42. The molecule has 1 aliphatic carbocycles. The second-order valence-corrected chi connectivity index (χ2v) is 11.3. The minimum Gasteiger partial charge on any atom is -0.497 e. The Balaban J connectivity index is 1.11. The van der Waals surface area contributed by atoms with E-state index in [4.69, 9.17) is 4.74 Å². The average Bonchev–Trinajstić information content (AvgIpc) is 3.57. The molecule has 3 heterocycles. The molecule has 0 radical (unpaired) electrons. The third-order valence-corrected chi connectivity index (χ3v) is 9.03. The fourth-order valence-corrected chi connectivity index (χ4v) is 6.63. The number of nitrogens with one attached hydrogen (secondary N) is 1. The molecule has 3 aliphatic rings. The Hall–Kier alpha value is -3.87. The zero-order chi connectivity index (χ0) is 27.0. The van der Waals surface area contributed by atoms with Gasteiger partial charge in [-0.05, 0) is 104 Å². The molecule has 0 saturated carbocycles. The van der Waals surface area contributed by atoms with Crippen LogP contribution in [0.15, 0.2) is 60.9 Å². The van der Waals surface area contributed by atoms with E-state index in [-0.39, 0.29) is 23.3 Å². The number of anilines is 1. The molecular weight excluding hydrogens is 488 g/mol. The Morgan fingerprint density at radius 1 is 1.00 bits per heavy atom. The zero-order valence-electron chi connectivity index (χ0n) is 22.8. The zero-order valence-corrected chi connectivity index (χ0v) is 22.8. The number of ether oxygens (including phenoxy) is 1. The number of hydrogen-bond donors (Lipinski definition) is 1. The summed E-state index contributed by atoms with van der Waals surface area (Å²) in [5.74, 6) is 0.750. The Labute approximate surface area is 230 Å². The molecule has 0 bridgehead atoms. The van der Waals surface area contributed by atoms with Gasteiger partial charge in [0.1, 0.15) is 5.75 Å². The molecule has 3 aromatic rings. The van der Waals surface area contributed by atoms with Crippen LogP contribution in [0, 0.1) is 12.3 Å². The van der Waals surface area contributed by atoms with E-state index in [0.29, 0.717) is 5.56 Å². The lowest BCUT2D eigenvalue weighted by molar-refractivity contribution is 0.0764. The molecule has 2 aromatic carbocycles. The predicted molar refractivity (Wildman–Crippen MR) is 151 cm³/mol. The van der Waals surface area contributed by atoms with Crippen molar-refractivity contribution in [2.75, 3.05) is 38.2 Å². The summed E-state index contributed by atoms with van der Waals surface area (Å²) in [5, 5.41) is 3.22. The highest BCUT2D eigenvalue weighted by Gasteiger charge is 2.42. The number of carbonyl (C=O) groups excluding carboxylic acids is 2. The number of likely N-dealkylation sites (tertiary alicyclic amines) is 1. The van der Waals surface area contributed by atoms with Gasteiger partial charge in [0.15, 0.2) is 0 Å². The summed E-state index contributed by atoms with van der Waals surface area (Å²) in [6, 6.07) is 15.6. The molecule has 1 spiro atoms. The van der Waals surface area contributed by atoms with E-state index in [2.05, 4.69) is 33.4 Å². The number of pyridine rings is 1. The number of piperidine rings is 1. The van der Waals surface area contributed by atoms with Crippen LogP contribution in [0.4, 0.5) is 5.69 Å². The van der Waals surface area contributed by atoms with Gasteiger partial charge in [-0.25, -0.2) is 0 Å². The van der Waals surface area contributed by atoms with Crippen molar-refractivity contribution in [2.24, 2.45) is 5.41 Å².